The average molecular weight is 265 g/mol. The highest BCUT2D eigenvalue weighted by Gasteiger charge is 2.28. The van der Waals surface area contributed by atoms with Gasteiger partial charge in [0.25, 0.3) is 0 Å². The predicted molar refractivity (Wildman–Crippen MR) is 81.7 cm³/mol. The summed E-state index contributed by atoms with van der Waals surface area (Å²) in [6.45, 7) is 2.32. The van der Waals surface area contributed by atoms with Gasteiger partial charge >= 0.3 is 0 Å². The van der Waals surface area contributed by atoms with Crippen molar-refractivity contribution in [3.05, 3.63) is 66.4 Å². The summed E-state index contributed by atoms with van der Waals surface area (Å²) in [5, 5.41) is 1.84. The van der Waals surface area contributed by atoms with E-state index in [1.54, 1.807) is 0 Å². The van der Waals surface area contributed by atoms with Crippen LogP contribution in [0.15, 0.2) is 65.7 Å². The first-order valence-electron chi connectivity index (χ1n) is 6.66. The monoisotopic (exact) mass is 265 g/mol. The average Bonchev–Trinajstić information content (AvgIpc) is 2.89. The number of thioether (sulfide) groups is 1. The zero-order valence-corrected chi connectivity index (χ0v) is 11.6. The Balaban J connectivity index is 1.89. The lowest BCUT2D eigenvalue weighted by atomic mass is 10.1. The van der Waals surface area contributed by atoms with Crippen LogP contribution in [-0.2, 0) is 0 Å². The zero-order chi connectivity index (χ0) is 12.8. The minimum Gasteiger partial charge on any atom is -0.342 e. The summed E-state index contributed by atoms with van der Waals surface area (Å²) in [7, 11) is 0. The van der Waals surface area contributed by atoms with Gasteiger partial charge < -0.3 is 4.57 Å². The van der Waals surface area contributed by atoms with Gasteiger partial charge in [0.05, 0.1) is 10.8 Å². The van der Waals surface area contributed by atoms with Gasteiger partial charge in [-0.25, -0.2) is 0 Å². The molecule has 0 saturated heterocycles. The number of benzene rings is 2. The Hall–Kier alpha value is -1.67. The standard InChI is InChI=1S/C17H15NS/c1-12-17(14-6-3-2-4-7-14)19-15-9-5-8-13-10-11-18(12)16(13)15/h2-12,17H,1H3/t12-,17-/m1/s1. The van der Waals surface area contributed by atoms with E-state index in [1.165, 1.54) is 21.4 Å². The van der Waals surface area contributed by atoms with E-state index in [0.29, 0.717) is 11.3 Å². The number of hydrogen-bond donors (Lipinski definition) is 0. The van der Waals surface area contributed by atoms with Crippen LogP contribution in [0.1, 0.15) is 23.8 Å². The van der Waals surface area contributed by atoms with Gasteiger partial charge in [0.2, 0.25) is 0 Å². The molecule has 0 fully saturated rings. The first kappa shape index (κ1) is 11.2. The molecule has 2 atom stereocenters. The molecule has 0 saturated carbocycles. The van der Waals surface area contributed by atoms with E-state index < -0.39 is 0 Å². The Kier molecular flexibility index (Phi) is 2.46. The quantitative estimate of drug-likeness (QED) is 0.596. The normalized spacial score (nSPS) is 21.7. The second-order valence-corrected chi connectivity index (χ2v) is 6.29. The maximum Gasteiger partial charge on any atom is 0.0621 e. The molecule has 0 N–H and O–H groups in total. The smallest absolute Gasteiger partial charge is 0.0621 e. The predicted octanol–water partition coefficient (Wildman–Crippen LogP) is 5.05. The second-order valence-electron chi connectivity index (χ2n) is 5.11. The molecular weight excluding hydrogens is 250 g/mol. The van der Waals surface area contributed by atoms with Crippen LogP contribution < -0.4 is 0 Å². The van der Waals surface area contributed by atoms with E-state index >= 15 is 0 Å². The van der Waals surface area contributed by atoms with Gasteiger partial charge in [-0.15, -0.1) is 11.8 Å². The molecule has 0 aliphatic carbocycles. The zero-order valence-electron chi connectivity index (χ0n) is 10.8. The molecule has 3 aromatic rings. The molecule has 2 heterocycles. The van der Waals surface area contributed by atoms with Crippen molar-refractivity contribution >= 4 is 22.7 Å². The third-order valence-electron chi connectivity index (χ3n) is 3.96. The van der Waals surface area contributed by atoms with Crippen molar-refractivity contribution in [2.45, 2.75) is 23.1 Å². The lowest BCUT2D eigenvalue weighted by Crippen LogP contribution is -2.15. The maximum absolute atomic E-state index is 2.43. The highest BCUT2D eigenvalue weighted by molar-refractivity contribution is 7.99. The van der Waals surface area contributed by atoms with E-state index in [2.05, 4.69) is 72.3 Å². The van der Waals surface area contributed by atoms with E-state index in [1.807, 2.05) is 11.8 Å². The Morgan fingerprint density at radius 1 is 0.947 bits per heavy atom. The van der Waals surface area contributed by atoms with Crippen LogP contribution in [0.3, 0.4) is 0 Å². The molecule has 94 valence electrons. The number of rotatable bonds is 1. The molecule has 1 aromatic heterocycles. The Bertz CT molecular complexity index is 729. The minimum absolute atomic E-state index is 0.486. The van der Waals surface area contributed by atoms with Crippen molar-refractivity contribution in [1.82, 2.24) is 4.57 Å². The SMILES string of the molecule is C[C@@H]1[C@H](c2ccccc2)Sc2cccc3ccn1c23. The van der Waals surface area contributed by atoms with Crippen molar-refractivity contribution < 1.29 is 0 Å². The summed E-state index contributed by atoms with van der Waals surface area (Å²) >= 11 is 1.99. The van der Waals surface area contributed by atoms with Crippen LogP contribution in [0.5, 0.6) is 0 Å². The van der Waals surface area contributed by atoms with E-state index in [9.17, 15) is 0 Å². The van der Waals surface area contributed by atoms with Gasteiger partial charge in [0, 0.05) is 22.5 Å². The van der Waals surface area contributed by atoms with Crippen LogP contribution in [-0.4, -0.2) is 4.57 Å². The topological polar surface area (TPSA) is 4.93 Å². The van der Waals surface area contributed by atoms with E-state index in [0.717, 1.165) is 0 Å². The Morgan fingerprint density at radius 2 is 1.79 bits per heavy atom. The molecule has 0 bridgehead atoms. The summed E-state index contributed by atoms with van der Waals surface area (Å²) in [5.74, 6) is 0. The van der Waals surface area contributed by atoms with Crippen molar-refractivity contribution in [3.8, 4) is 0 Å². The Labute approximate surface area is 117 Å². The lowest BCUT2D eigenvalue weighted by molar-refractivity contribution is 0.543. The lowest BCUT2D eigenvalue weighted by Gasteiger charge is -2.31. The van der Waals surface area contributed by atoms with Crippen LogP contribution in [0.2, 0.25) is 0 Å². The molecule has 4 rings (SSSR count). The maximum atomic E-state index is 2.43. The summed E-state index contributed by atoms with van der Waals surface area (Å²) in [4.78, 5) is 1.40. The number of hydrogen-bond acceptors (Lipinski definition) is 1. The molecule has 1 aliphatic rings. The molecule has 0 radical (unpaired) electrons. The molecular formula is C17H15NS. The van der Waals surface area contributed by atoms with Gasteiger partial charge in [0.1, 0.15) is 0 Å². The van der Waals surface area contributed by atoms with Gasteiger partial charge in [-0.1, -0.05) is 42.5 Å². The fourth-order valence-electron chi connectivity index (χ4n) is 2.99. The van der Waals surface area contributed by atoms with Gasteiger partial charge in [0.15, 0.2) is 0 Å². The second kappa shape index (κ2) is 4.17. The first-order chi connectivity index (χ1) is 9.34. The van der Waals surface area contributed by atoms with Crippen LogP contribution in [0.4, 0.5) is 0 Å². The molecule has 0 unspecified atom stereocenters. The highest BCUT2D eigenvalue weighted by atomic mass is 32.2. The number of nitrogens with zero attached hydrogens (tertiary/aromatic N) is 1. The molecule has 2 aromatic carbocycles. The summed E-state index contributed by atoms with van der Waals surface area (Å²) < 4.78 is 2.43. The van der Waals surface area contributed by atoms with Crippen molar-refractivity contribution in [2.24, 2.45) is 0 Å². The molecule has 2 heteroatoms. The number of aromatic nitrogens is 1. The van der Waals surface area contributed by atoms with Gasteiger partial charge in [-0.3, -0.25) is 0 Å². The van der Waals surface area contributed by atoms with Gasteiger partial charge in [-0.05, 0) is 24.6 Å². The van der Waals surface area contributed by atoms with Crippen LogP contribution in [0, 0.1) is 0 Å². The van der Waals surface area contributed by atoms with Gasteiger partial charge in [-0.2, -0.15) is 0 Å². The van der Waals surface area contributed by atoms with Crippen molar-refractivity contribution in [1.29, 1.82) is 0 Å². The summed E-state index contributed by atoms with van der Waals surface area (Å²) in [6.07, 6.45) is 2.23. The van der Waals surface area contributed by atoms with Crippen LogP contribution in [0.25, 0.3) is 10.9 Å². The third-order valence-corrected chi connectivity index (χ3v) is 5.47. The molecule has 19 heavy (non-hydrogen) atoms. The highest BCUT2D eigenvalue weighted by Crippen LogP contribution is 2.50. The summed E-state index contributed by atoms with van der Waals surface area (Å²) in [6, 6.07) is 20.1. The molecule has 1 aliphatic heterocycles. The Morgan fingerprint density at radius 3 is 2.63 bits per heavy atom. The minimum atomic E-state index is 0.486. The molecule has 0 amide bonds. The van der Waals surface area contributed by atoms with E-state index in [-0.39, 0.29) is 0 Å². The van der Waals surface area contributed by atoms with Crippen molar-refractivity contribution in [2.75, 3.05) is 0 Å². The molecule has 0 spiro atoms. The fourth-order valence-corrected chi connectivity index (χ4v) is 4.38. The molecule has 1 nitrogen and oxygen atoms in total. The van der Waals surface area contributed by atoms with Crippen LogP contribution >= 0.6 is 11.8 Å². The first-order valence-corrected chi connectivity index (χ1v) is 7.54. The third kappa shape index (κ3) is 1.63. The number of para-hydroxylation sites is 1. The van der Waals surface area contributed by atoms with Crippen molar-refractivity contribution in [3.63, 3.8) is 0 Å². The van der Waals surface area contributed by atoms with E-state index in [4.69, 9.17) is 0 Å². The summed E-state index contributed by atoms with van der Waals surface area (Å²) in [5.41, 5.74) is 2.81. The fraction of sp³-hybridized carbons (Fsp3) is 0.176. The largest absolute Gasteiger partial charge is 0.342 e.